The van der Waals surface area contributed by atoms with Gasteiger partial charge in [0.05, 0.1) is 0 Å². The Kier molecular flexibility index (Phi) is 4.21. The van der Waals surface area contributed by atoms with Gasteiger partial charge in [0.25, 0.3) is 5.91 Å². The van der Waals surface area contributed by atoms with Gasteiger partial charge in [-0.05, 0) is 43.3 Å². The zero-order valence-electron chi connectivity index (χ0n) is 15.8. The van der Waals surface area contributed by atoms with Crippen molar-refractivity contribution in [2.45, 2.75) is 19.0 Å². The number of hydrogen-bond acceptors (Lipinski definition) is 6. The predicted molar refractivity (Wildman–Crippen MR) is 110 cm³/mol. The smallest absolute Gasteiger partial charge is 0.325 e. The topological polar surface area (TPSA) is 101 Å². The number of halogens is 1. The van der Waals surface area contributed by atoms with Crippen LogP contribution < -0.4 is 5.32 Å². The second-order valence-electron chi connectivity index (χ2n) is 7.10. The van der Waals surface area contributed by atoms with Crippen LogP contribution in [-0.4, -0.2) is 27.0 Å². The highest BCUT2D eigenvalue weighted by molar-refractivity contribution is 9.10. The summed E-state index contributed by atoms with van der Waals surface area (Å²) in [6.07, 6.45) is 0. The number of hydrogen-bond donors (Lipinski definition) is 1. The maximum absolute atomic E-state index is 13.1. The number of amides is 3. The molecule has 3 amide bonds. The van der Waals surface area contributed by atoms with Gasteiger partial charge < -0.3 is 14.2 Å². The van der Waals surface area contributed by atoms with Gasteiger partial charge in [0.2, 0.25) is 11.8 Å². The summed E-state index contributed by atoms with van der Waals surface area (Å²) in [6, 6.07) is 16.0. The second-order valence-corrected chi connectivity index (χ2v) is 8.02. The molecule has 3 heterocycles. The van der Waals surface area contributed by atoms with E-state index >= 15 is 0 Å². The van der Waals surface area contributed by atoms with Gasteiger partial charge in [-0.1, -0.05) is 34.1 Å². The summed E-state index contributed by atoms with van der Waals surface area (Å²) in [5.41, 5.74) is 0.0662. The Balaban J connectivity index is 1.40. The summed E-state index contributed by atoms with van der Waals surface area (Å²) >= 11 is 3.37. The maximum Gasteiger partial charge on any atom is 0.325 e. The van der Waals surface area contributed by atoms with Gasteiger partial charge in [-0.15, -0.1) is 10.2 Å². The lowest BCUT2D eigenvalue weighted by Crippen LogP contribution is -2.40. The number of nitrogens with zero attached hydrogens (tertiary/aromatic N) is 3. The first-order valence-corrected chi connectivity index (χ1v) is 9.95. The minimum Gasteiger partial charge on any atom is -0.458 e. The highest BCUT2D eigenvalue weighted by Gasteiger charge is 2.51. The number of rotatable bonds is 4. The van der Waals surface area contributed by atoms with Crippen LogP contribution in [-0.2, 0) is 16.9 Å². The summed E-state index contributed by atoms with van der Waals surface area (Å²) in [7, 11) is 0. The molecule has 0 spiro atoms. The lowest BCUT2D eigenvalue weighted by molar-refractivity contribution is -0.132. The summed E-state index contributed by atoms with van der Waals surface area (Å²) in [6.45, 7) is 1.48. The summed E-state index contributed by atoms with van der Waals surface area (Å²) in [5, 5.41) is 11.6. The number of furan rings is 1. The van der Waals surface area contributed by atoms with Gasteiger partial charge in [-0.3, -0.25) is 9.69 Å². The van der Waals surface area contributed by atoms with Crippen LogP contribution in [0.15, 0.2) is 67.9 Å². The molecular formula is C21H15BrN4O4. The molecule has 0 aliphatic carbocycles. The third kappa shape index (κ3) is 2.98. The number of urea groups is 1. The largest absolute Gasteiger partial charge is 0.458 e. The first-order chi connectivity index (χ1) is 14.4. The SMILES string of the molecule is C[C@@]1(c2cc3ccccc3o2)NC(=O)N(Cc2nnc(-c3ccc(Br)cc3)o2)C1=O. The van der Waals surface area contributed by atoms with Crippen LogP contribution in [0.2, 0.25) is 0 Å². The van der Waals surface area contributed by atoms with Crippen LogP contribution in [0, 0.1) is 0 Å². The van der Waals surface area contributed by atoms with E-state index in [4.69, 9.17) is 8.83 Å². The van der Waals surface area contributed by atoms with E-state index in [9.17, 15) is 9.59 Å². The van der Waals surface area contributed by atoms with Gasteiger partial charge in [0.1, 0.15) is 17.9 Å². The number of nitrogens with one attached hydrogen (secondary N) is 1. The number of para-hydroxylation sites is 1. The quantitative estimate of drug-likeness (QED) is 0.452. The van der Waals surface area contributed by atoms with E-state index in [2.05, 4.69) is 31.4 Å². The molecule has 5 rings (SSSR count). The molecule has 1 saturated heterocycles. The van der Waals surface area contributed by atoms with Crippen molar-refractivity contribution < 1.29 is 18.4 Å². The predicted octanol–water partition coefficient (Wildman–Crippen LogP) is 4.21. The molecule has 30 heavy (non-hydrogen) atoms. The minimum absolute atomic E-state index is 0.135. The van der Waals surface area contributed by atoms with Gasteiger partial charge in [0, 0.05) is 15.4 Å². The fraction of sp³-hybridized carbons (Fsp3) is 0.143. The van der Waals surface area contributed by atoms with E-state index in [1.54, 1.807) is 13.0 Å². The summed E-state index contributed by atoms with van der Waals surface area (Å²) in [5.74, 6) is 0.385. The molecule has 0 saturated carbocycles. The third-order valence-electron chi connectivity index (χ3n) is 5.04. The van der Waals surface area contributed by atoms with Crippen molar-refractivity contribution in [3.63, 3.8) is 0 Å². The second kappa shape index (κ2) is 6.81. The Morgan fingerprint density at radius 1 is 1.07 bits per heavy atom. The number of aromatic nitrogens is 2. The molecule has 8 nitrogen and oxygen atoms in total. The van der Waals surface area contributed by atoms with E-state index in [1.807, 2.05) is 48.5 Å². The van der Waals surface area contributed by atoms with Crippen molar-refractivity contribution in [3.05, 3.63) is 70.7 Å². The minimum atomic E-state index is -1.31. The van der Waals surface area contributed by atoms with E-state index in [0.717, 1.165) is 20.3 Å². The standard InChI is InChI=1S/C21H15BrN4O4/c1-21(16-10-13-4-2-3-5-15(13)29-16)19(27)26(20(28)23-21)11-17-24-25-18(30-17)12-6-8-14(22)9-7-12/h2-10H,11H2,1H3,(H,23,28)/t21-/m0/s1. The Bertz CT molecular complexity index is 1250. The molecule has 1 atom stereocenters. The van der Waals surface area contributed by atoms with Crippen molar-refractivity contribution in [2.75, 3.05) is 0 Å². The Morgan fingerprint density at radius 3 is 2.60 bits per heavy atom. The average Bonchev–Trinajstić information content (AvgIpc) is 3.43. The highest BCUT2D eigenvalue weighted by atomic mass is 79.9. The lowest BCUT2D eigenvalue weighted by Gasteiger charge is -2.18. The number of carbonyl (C=O) groups excluding carboxylic acids is 2. The van der Waals surface area contributed by atoms with Gasteiger partial charge in [-0.25, -0.2) is 4.79 Å². The third-order valence-corrected chi connectivity index (χ3v) is 5.57. The molecule has 1 N–H and O–H groups in total. The maximum atomic E-state index is 13.1. The molecule has 2 aromatic carbocycles. The van der Waals surface area contributed by atoms with E-state index in [-0.39, 0.29) is 12.4 Å². The first-order valence-electron chi connectivity index (χ1n) is 9.15. The molecule has 2 aromatic heterocycles. The van der Waals surface area contributed by atoms with Gasteiger partial charge in [0.15, 0.2) is 5.54 Å². The van der Waals surface area contributed by atoms with Gasteiger partial charge in [-0.2, -0.15) is 0 Å². The van der Waals surface area contributed by atoms with Crippen molar-refractivity contribution in [1.29, 1.82) is 0 Å². The van der Waals surface area contributed by atoms with Crippen LogP contribution in [0.4, 0.5) is 4.79 Å². The molecular weight excluding hydrogens is 452 g/mol. The van der Waals surface area contributed by atoms with E-state index in [0.29, 0.717) is 17.2 Å². The zero-order chi connectivity index (χ0) is 20.9. The van der Waals surface area contributed by atoms with Crippen molar-refractivity contribution in [1.82, 2.24) is 20.4 Å². The monoisotopic (exact) mass is 466 g/mol. The molecule has 1 fully saturated rings. The molecule has 0 unspecified atom stereocenters. The molecule has 1 aliphatic rings. The van der Waals surface area contributed by atoms with Gasteiger partial charge >= 0.3 is 6.03 Å². The highest BCUT2D eigenvalue weighted by Crippen LogP contribution is 2.33. The number of imide groups is 1. The normalized spacial score (nSPS) is 18.9. The molecule has 9 heteroatoms. The molecule has 0 bridgehead atoms. The van der Waals surface area contributed by atoms with Crippen LogP contribution in [0.25, 0.3) is 22.4 Å². The molecule has 4 aromatic rings. The fourth-order valence-electron chi connectivity index (χ4n) is 3.40. The Hall–Kier alpha value is -3.46. The van der Waals surface area contributed by atoms with Crippen LogP contribution in [0.5, 0.6) is 0 Å². The molecule has 1 aliphatic heterocycles. The molecule has 150 valence electrons. The Labute approximate surface area is 179 Å². The van der Waals surface area contributed by atoms with E-state index < -0.39 is 17.5 Å². The first kappa shape index (κ1) is 18.6. The van der Waals surface area contributed by atoms with Crippen LogP contribution in [0.3, 0.4) is 0 Å². The summed E-state index contributed by atoms with van der Waals surface area (Å²) in [4.78, 5) is 26.7. The van der Waals surface area contributed by atoms with Crippen molar-refractivity contribution in [3.8, 4) is 11.5 Å². The van der Waals surface area contributed by atoms with Crippen molar-refractivity contribution >= 4 is 38.8 Å². The average molecular weight is 467 g/mol. The number of fused-ring (bicyclic) bond motifs is 1. The lowest BCUT2D eigenvalue weighted by atomic mass is 9.99. The fourth-order valence-corrected chi connectivity index (χ4v) is 3.66. The van der Waals surface area contributed by atoms with Crippen molar-refractivity contribution in [2.24, 2.45) is 0 Å². The van der Waals surface area contributed by atoms with E-state index in [1.165, 1.54) is 0 Å². The Morgan fingerprint density at radius 2 is 1.83 bits per heavy atom. The summed E-state index contributed by atoms with van der Waals surface area (Å²) < 4.78 is 12.4. The zero-order valence-corrected chi connectivity index (χ0v) is 17.3. The molecule has 0 radical (unpaired) electrons. The van der Waals surface area contributed by atoms with Crippen LogP contribution in [0.1, 0.15) is 18.6 Å². The number of carbonyl (C=O) groups is 2. The number of benzene rings is 2. The van der Waals surface area contributed by atoms with Crippen LogP contribution >= 0.6 is 15.9 Å².